The van der Waals surface area contributed by atoms with E-state index >= 15 is 0 Å². The molecule has 35 heavy (non-hydrogen) atoms. The summed E-state index contributed by atoms with van der Waals surface area (Å²) in [4.78, 5) is 53.8. The third kappa shape index (κ3) is 4.24. The molecule has 2 bridgehead atoms. The summed E-state index contributed by atoms with van der Waals surface area (Å²) >= 11 is 0. The Bertz CT molecular complexity index is 1240. The van der Waals surface area contributed by atoms with E-state index < -0.39 is 18.0 Å². The van der Waals surface area contributed by atoms with Crippen LogP contribution in [-0.2, 0) is 22.7 Å². The summed E-state index contributed by atoms with van der Waals surface area (Å²) in [5.74, 6) is 0.751. The number of amides is 4. The molecule has 1 aromatic carbocycles. The molecule has 1 aromatic heterocycles. The van der Waals surface area contributed by atoms with Crippen LogP contribution in [0.5, 0.6) is 11.5 Å². The molecule has 0 aliphatic carbocycles. The number of ether oxygens (including phenoxy) is 2. The summed E-state index contributed by atoms with van der Waals surface area (Å²) in [6.45, 7) is 1.70. The van der Waals surface area contributed by atoms with E-state index in [0.717, 1.165) is 17.0 Å². The third-order valence-electron chi connectivity index (χ3n) is 7.11. The quantitative estimate of drug-likeness (QED) is 0.625. The first-order valence-electron chi connectivity index (χ1n) is 11.7. The highest BCUT2D eigenvalue weighted by Gasteiger charge is 2.42. The molecule has 3 aliphatic heterocycles. The van der Waals surface area contributed by atoms with Crippen molar-refractivity contribution in [2.24, 2.45) is 5.92 Å². The fraction of sp³-hybridized carbons (Fsp3) is 0.440. The number of nitrogens with one attached hydrogen (secondary N) is 1. The van der Waals surface area contributed by atoms with Crippen LogP contribution >= 0.6 is 0 Å². The van der Waals surface area contributed by atoms with Gasteiger partial charge in [-0.25, -0.2) is 4.79 Å². The standard InChI is InChI=1S/C25H28N4O6/c1-34-20-7-6-15(9-21(20)35-2)12-29-24(32)18(26-25(29)33)10-23(31)27-11-16-8-17(14-27)19-4-3-5-22(30)28(19)13-16/h3-7,9,16-18H,8,10-14H2,1-2H3,(H,26,33)/t16-,17+,18-/m1/s1. The van der Waals surface area contributed by atoms with E-state index in [1.165, 1.54) is 14.2 Å². The van der Waals surface area contributed by atoms with Crippen LogP contribution in [0.3, 0.4) is 0 Å². The van der Waals surface area contributed by atoms with Crippen LogP contribution in [0, 0.1) is 5.92 Å². The molecule has 2 aromatic rings. The molecule has 2 saturated heterocycles. The van der Waals surface area contributed by atoms with E-state index in [1.807, 2.05) is 10.6 Å². The average Bonchev–Trinajstić information content (AvgIpc) is 3.11. The number of hydrogen-bond donors (Lipinski definition) is 1. The number of likely N-dealkylation sites (tertiary alicyclic amines) is 1. The Morgan fingerprint density at radius 2 is 1.83 bits per heavy atom. The van der Waals surface area contributed by atoms with Gasteiger partial charge in [-0.05, 0) is 36.1 Å². The van der Waals surface area contributed by atoms with Crippen LogP contribution in [0.1, 0.15) is 30.0 Å². The number of fused-ring (bicyclic) bond motifs is 4. The molecule has 1 N–H and O–H groups in total. The zero-order valence-electron chi connectivity index (χ0n) is 19.7. The number of benzene rings is 1. The number of rotatable bonds is 6. The summed E-state index contributed by atoms with van der Waals surface area (Å²) in [5, 5.41) is 2.66. The Kier molecular flexibility index (Phi) is 5.96. The molecule has 3 atom stereocenters. The zero-order chi connectivity index (χ0) is 24.7. The number of hydrogen-bond acceptors (Lipinski definition) is 6. The second-order valence-corrected chi connectivity index (χ2v) is 9.32. The van der Waals surface area contributed by atoms with Crippen molar-refractivity contribution >= 4 is 17.8 Å². The number of urea groups is 1. The maximum Gasteiger partial charge on any atom is 0.325 e. The van der Waals surface area contributed by atoms with Gasteiger partial charge < -0.3 is 24.3 Å². The monoisotopic (exact) mass is 480 g/mol. The number of methoxy groups -OCH3 is 2. The molecular formula is C25H28N4O6. The van der Waals surface area contributed by atoms with Gasteiger partial charge in [-0.15, -0.1) is 0 Å². The van der Waals surface area contributed by atoms with E-state index in [9.17, 15) is 19.2 Å². The first kappa shape index (κ1) is 22.9. The van der Waals surface area contributed by atoms with Gasteiger partial charge in [-0.3, -0.25) is 19.3 Å². The summed E-state index contributed by atoms with van der Waals surface area (Å²) < 4.78 is 12.3. The summed E-state index contributed by atoms with van der Waals surface area (Å²) in [6.07, 6.45) is 0.847. The van der Waals surface area contributed by atoms with E-state index in [4.69, 9.17) is 9.47 Å². The Hall–Kier alpha value is -3.82. The molecule has 2 fully saturated rings. The molecule has 0 radical (unpaired) electrons. The lowest BCUT2D eigenvalue weighted by Crippen LogP contribution is -2.50. The first-order valence-corrected chi connectivity index (χ1v) is 11.7. The first-order chi connectivity index (χ1) is 16.9. The third-order valence-corrected chi connectivity index (χ3v) is 7.11. The smallest absolute Gasteiger partial charge is 0.325 e. The minimum atomic E-state index is -0.896. The van der Waals surface area contributed by atoms with E-state index in [0.29, 0.717) is 36.7 Å². The van der Waals surface area contributed by atoms with Gasteiger partial charge in [0, 0.05) is 37.3 Å². The molecule has 5 rings (SSSR count). The highest BCUT2D eigenvalue weighted by molar-refractivity contribution is 6.05. The Labute approximate surface area is 202 Å². The molecule has 0 unspecified atom stereocenters. The zero-order valence-corrected chi connectivity index (χ0v) is 19.7. The number of piperidine rings is 1. The molecule has 4 heterocycles. The fourth-order valence-corrected chi connectivity index (χ4v) is 5.43. The van der Waals surface area contributed by atoms with Crippen molar-refractivity contribution < 1.29 is 23.9 Å². The molecule has 3 aliphatic rings. The van der Waals surface area contributed by atoms with Gasteiger partial charge in [0.15, 0.2) is 11.5 Å². The van der Waals surface area contributed by atoms with Crippen molar-refractivity contribution in [3.05, 3.63) is 58.0 Å². The summed E-state index contributed by atoms with van der Waals surface area (Å²) in [5.41, 5.74) is 1.65. The number of imide groups is 1. The molecular weight excluding hydrogens is 452 g/mol. The maximum atomic E-state index is 13.1. The SMILES string of the molecule is COc1ccc(CN2C(=O)N[C@H](CC(=O)N3C[C@H]4C[C@@H](C3)c3cccc(=O)n3C4)C2=O)cc1OC. The summed E-state index contributed by atoms with van der Waals surface area (Å²) in [6, 6.07) is 9.04. The second-order valence-electron chi connectivity index (χ2n) is 9.32. The molecule has 0 saturated carbocycles. The van der Waals surface area contributed by atoms with Gasteiger partial charge >= 0.3 is 6.03 Å². The minimum Gasteiger partial charge on any atom is -0.493 e. The van der Waals surface area contributed by atoms with Crippen molar-refractivity contribution in [2.75, 3.05) is 27.3 Å². The van der Waals surface area contributed by atoms with Crippen LogP contribution in [0.4, 0.5) is 4.79 Å². The minimum absolute atomic E-state index is 0.00851. The van der Waals surface area contributed by atoms with E-state index in [1.54, 1.807) is 35.2 Å². The fourth-order valence-electron chi connectivity index (χ4n) is 5.43. The van der Waals surface area contributed by atoms with Crippen LogP contribution in [0.2, 0.25) is 0 Å². The van der Waals surface area contributed by atoms with Crippen LogP contribution in [-0.4, -0.2) is 65.6 Å². The van der Waals surface area contributed by atoms with Crippen LogP contribution in [0.15, 0.2) is 41.2 Å². The van der Waals surface area contributed by atoms with Crippen LogP contribution < -0.4 is 20.3 Å². The molecule has 4 amide bonds. The highest BCUT2D eigenvalue weighted by atomic mass is 16.5. The van der Waals surface area contributed by atoms with Crippen molar-refractivity contribution in [3.8, 4) is 11.5 Å². The van der Waals surface area contributed by atoms with Crippen molar-refractivity contribution in [3.63, 3.8) is 0 Å². The van der Waals surface area contributed by atoms with Gasteiger partial charge in [0.05, 0.1) is 27.2 Å². The highest BCUT2D eigenvalue weighted by Crippen LogP contribution is 2.35. The van der Waals surface area contributed by atoms with Gasteiger partial charge in [-0.2, -0.15) is 0 Å². The number of pyridine rings is 1. The lowest BCUT2D eigenvalue weighted by atomic mass is 9.83. The van der Waals surface area contributed by atoms with Gasteiger partial charge in [0.2, 0.25) is 5.91 Å². The normalized spacial score (nSPS) is 23.1. The van der Waals surface area contributed by atoms with Crippen LogP contribution in [0.25, 0.3) is 0 Å². The predicted molar refractivity (Wildman–Crippen MR) is 125 cm³/mol. The van der Waals surface area contributed by atoms with E-state index in [-0.39, 0.29) is 36.3 Å². The second kappa shape index (κ2) is 9.09. The van der Waals surface area contributed by atoms with Crippen molar-refractivity contribution in [1.29, 1.82) is 0 Å². The largest absolute Gasteiger partial charge is 0.493 e. The topological polar surface area (TPSA) is 110 Å². The number of aromatic nitrogens is 1. The molecule has 0 spiro atoms. The van der Waals surface area contributed by atoms with Gasteiger partial charge in [0.1, 0.15) is 6.04 Å². The lowest BCUT2D eigenvalue weighted by Gasteiger charge is -2.43. The number of carbonyl (C=O) groups is 3. The Morgan fingerprint density at radius 3 is 2.60 bits per heavy atom. The molecule has 184 valence electrons. The maximum absolute atomic E-state index is 13.1. The summed E-state index contributed by atoms with van der Waals surface area (Å²) in [7, 11) is 3.05. The molecule has 10 heteroatoms. The number of carbonyl (C=O) groups excluding carboxylic acids is 3. The molecule has 10 nitrogen and oxygen atoms in total. The Morgan fingerprint density at radius 1 is 1.03 bits per heavy atom. The predicted octanol–water partition coefficient (Wildman–Crippen LogP) is 1.32. The van der Waals surface area contributed by atoms with Gasteiger partial charge in [0.25, 0.3) is 11.5 Å². The average molecular weight is 481 g/mol. The Balaban J connectivity index is 1.24. The van der Waals surface area contributed by atoms with Crippen molar-refractivity contribution in [1.82, 2.24) is 19.7 Å². The van der Waals surface area contributed by atoms with E-state index in [2.05, 4.69) is 5.32 Å². The van der Waals surface area contributed by atoms with Crippen molar-refractivity contribution in [2.45, 2.75) is 37.9 Å². The lowest BCUT2D eigenvalue weighted by molar-refractivity contribution is -0.137. The number of nitrogens with zero attached hydrogens (tertiary/aromatic N) is 3. The van der Waals surface area contributed by atoms with Gasteiger partial charge in [-0.1, -0.05) is 12.1 Å².